The van der Waals surface area contributed by atoms with Gasteiger partial charge in [-0.2, -0.15) is 0 Å². The van der Waals surface area contributed by atoms with Gasteiger partial charge in [0.05, 0.1) is 12.5 Å². The molecule has 4 nitrogen and oxygen atoms in total. The highest BCUT2D eigenvalue weighted by Crippen LogP contribution is 2.31. The first-order valence-corrected chi connectivity index (χ1v) is 9.68. The molecule has 2 heterocycles. The second kappa shape index (κ2) is 7.99. The van der Waals surface area contributed by atoms with E-state index in [2.05, 4.69) is 5.32 Å². The minimum atomic E-state index is -0.240. The Hall–Kier alpha value is -2.21. The van der Waals surface area contributed by atoms with Crippen LogP contribution in [0.15, 0.2) is 36.4 Å². The Morgan fingerprint density at radius 3 is 2.73 bits per heavy atom. The number of amides is 2. The maximum atomic E-state index is 14.0. The fourth-order valence-corrected chi connectivity index (χ4v) is 4.16. The standard InChI is InChI=1S/C20H23FN2O2S/c1-13(2)23(20(25)14-7-10-19(24)22-11-14)12-15-8-9-18(26-15)16-5-3-4-6-17(16)21/h3-6,8-9,13-14H,7,10-12H2,1-2H3,(H,22,24)/t14-/m0/s1. The zero-order chi connectivity index (χ0) is 18.7. The zero-order valence-electron chi connectivity index (χ0n) is 15.0. The van der Waals surface area contributed by atoms with Crippen molar-refractivity contribution in [1.82, 2.24) is 10.2 Å². The molecule has 3 rings (SSSR count). The molecule has 0 radical (unpaired) electrons. The summed E-state index contributed by atoms with van der Waals surface area (Å²) in [4.78, 5) is 28.0. The Labute approximate surface area is 157 Å². The normalized spacial score (nSPS) is 17.2. The predicted molar refractivity (Wildman–Crippen MR) is 101 cm³/mol. The lowest BCUT2D eigenvalue weighted by atomic mass is 9.97. The molecule has 2 amide bonds. The molecule has 1 atom stereocenters. The highest BCUT2D eigenvalue weighted by molar-refractivity contribution is 7.15. The molecule has 0 unspecified atom stereocenters. The van der Waals surface area contributed by atoms with Crippen LogP contribution >= 0.6 is 11.3 Å². The summed E-state index contributed by atoms with van der Waals surface area (Å²) in [6, 6.07) is 10.6. The van der Waals surface area contributed by atoms with Crippen LogP contribution in [0, 0.1) is 11.7 Å². The number of hydrogen-bond acceptors (Lipinski definition) is 3. The van der Waals surface area contributed by atoms with Gasteiger partial charge >= 0.3 is 0 Å². The summed E-state index contributed by atoms with van der Waals surface area (Å²) < 4.78 is 14.0. The van der Waals surface area contributed by atoms with Crippen molar-refractivity contribution in [3.8, 4) is 10.4 Å². The predicted octanol–water partition coefficient (Wildman–Crippen LogP) is 3.82. The minimum absolute atomic E-state index is 0.0120. The van der Waals surface area contributed by atoms with E-state index in [1.54, 1.807) is 12.1 Å². The molecule has 1 fully saturated rings. The van der Waals surface area contributed by atoms with Crippen molar-refractivity contribution in [2.24, 2.45) is 5.92 Å². The average Bonchev–Trinajstić information content (AvgIpc) is 3.08. The summed E-state index contributed by atoms with van der Waals surface area (Å²) >= 11 is 1.51. The SMILES string of the molecule is CC(C)N(Cc1ccc(-c2ccccc2F)s1)C(=O)[C@H]1CCC(=O)NC1. The Morgan fingerprint density at radius 2 is 2.08 bits per heavy atom. The van der Waals surface area contributed by atoms with Gasteiger partial charge in [0.2, 0.25) is 11.8 Å². The molecule has 0 aliphatic carbocycles. The van der Waals surface area contributed by atoms with Crippen LogP contribution in [-0.4, -0.2) is 29.3 Å². The summed E-state index contributed by atoms with van der Waals surface area (Å²) in [5, 5.41) is 2.78. The molecule has 1 aliphatic heterocycles. The molecule has 26 heavy (non-hydrogen) atoms. The monoisotopic (exact) mass is 374 g/mol. The number of piperidine rings is 1. The van der Waals surface area contributed by atoms with Gasteiger partial charge in [0, 0.05) is 34.3 Å². The highest BCUT2D eigenvalue weighted by atomic mass is 32.1. The van der Waals surface area contributed by atoms with E-state index >= 15 is 0 Å². The molecule has 1 N–H and O–H groups in total. The topological polar surface area (TPSA) is 49.4 Å². The molecular formula is C20H23FN2O2S. The van der Waals surface area contributed by atoms with E-state index in [1.807, 2.05) is 36.9 Å². The molecule has 6 heteroatoms. The van der Waals surface area contributed by atoms with E-state index in [0.29, 0.717) is 31.5 Å². The fourth-order valence-electron chi connectivity index (χ4n) is 3.13. The van der Waals surface area contributed by atoms with E-state index in [1.165, 1.54) is 17.4 Å². The van der Waals surface area contributed by atoms with Gasteiger partial charge in [-0.1, -0.05) is 18.2 Å². The van der Waals surface area contributed by atoms with E-state index < -0.39 is 0 Å². The Morgan fingerprint density at radius 1 is 1.31 bits per heavy atom. The second-order valence-corrected chi connectivity index (χ2v) is 8.01. The largest absolute Gasteiger partial charge is 0.355 e. The van der Waals surface area contributed by atoms with E-state index in [-0.39, 0.29) is 29.6 Å². The van der Waals surface area contributed by atoms with Crippen LogP contribution < -0.4 is 5.32 Å². The number of carbonyl (C=O) groups is 2. The molecule has 1 aromatic heterocycles. The molecule has 1 aromatic carbocycles. The van der Waals surface area contributed by atoms with Crippen LogP contribution in [0.25, 0.3) is 10.4 Å². The third kappa shape index (κ3) is 4.12. The van der Waals surface area contributed by atoms with Crippen LogP contribution in [0.2, 0.25) is 0 Å². The maximum absolute atomic E-state index is 14.0. The number of thiophene rings is 1. The van der Waals surface area contributed by atoms with Gasteiger partial charge in [-0.25, -0.2) is 4.39 Å². The van der Waals surface area contributed by atoms with Crippen LogP contribution in [0.4, 0.5) is 4.39 Å². The van der Waals surface area contributed by atoms with Crippen LogP contribution in [0.5, 0.6) is 0 Å². The van der Waals surface area contributed by atoms with Gasteiger partial charge in [-0.05, 0) is 38.5 Å². The third-order valence-electron chi connectivity index (χ3n) is 4.65. The van der Waals surface area contributed by atoms with E-state index in [9.17, 15) is 14.0 Å². The highest BCUT2D eigenvalue weighted by Gasteiger charge is 2.29. The maximum Gasteiger partial charge on any atom is 0.228 e. The van der Waals surface area contributed by atoms with Crippen molar-refractivity contribution in [3.05, 3.63) is 47.1 Å². The van der Waals surface area contributed by atoms with E-state index in [0.717, 1.165) is 9.75 Å². The summed E-state index contributed by atoms with van der Waals surface area (Å²) in [6.45, 7) is 4.89. The molecular weight excluding hydrogens is 351 g/mol. The summed E-state index contributed by atoms with van der Waals surface area (Å²) in [7, 11) is 0. The van der Waals surface area contributed by atoms with Crippen LogP contribution in [-0.2, 0) is 16.1 Å². The van der Waals surface area contributed by atoms with Crippen molar-refractivity contribution < 1.29 is 14.0 Å². The lowest BCUT2D eigenvalue weighted by Crippen LogP contribution is -2.46. The number of halogens is 1. The summed E-state index contributed by atoms with van der Waals surface area (Å²) in [5.74, 6) is -0.324. The molecule has 0 spiro atoms. The number of hydrogen-bond donors (Lipinski definition) is 1. The van der Waals surface area contributed by atoms with Gasteiger partial charge in [-0.3, -0.25) is 9.59 Å². The van der Waals surface area contributed by atoms with Gasteiger partial charge < -0.3 is 10.2 Å². The Kier molecular flexibility index (Phi) is 5.71. The van der Waals surface area contributed by atoms with Crippen LogP contribution in [0.3, 0.4) is 0 Å². The van der Waals surface area contributed by atoms with Crippen molar-refractivity contribution in [2.75, 3.05) is 6.54 Å². The number of benzene rings is 1. The van der Waals surface area contributed by atoms with Crippen molar-refractivity contribution in [1.29, 1.82) is 0 Å². The Balaban J connectivity index is 1.74. The third-order valence-corrected chi connectivity index (χ3v) is 5.75. The average molecular weight is 374 g/mol. The van der Waals surface area contributed by atoms with Gasteiger partial charge in [0.1, 0.15) is 5.82 Å². The van der Waals surface area contributed by atoms with Gasteiger partial charge in [0.15, 0.2) is 0 Å². The quantitative estimate of drug-likeness (QED) is 0.865. The fraction of sp³-hybridized carbons (Fsp3) is 0.400. The molecule has 1 saturated heterocycles. The van der Waals surface area contributed by atoms with Crippen molar-refractivity contribution in [2.45, 2.75) is 39.3 Å². The first-order chi connectivity index (χ1) is 12.5. The van der Waals surface area contributed by atoms with E-state index in [4.69, 9.17) is 0 Å². The van der Waals surface area contributed by atoms with Crippen molar-refractivity contribution >= 4 is 23.2 Å². The number of nitrogens with one attached hydrogen (secondary N) is 1. The molecule has 0 saturated carbocycles. The molecule has 2 aromatic rings. The number of rotatable bonds is 5. The zero-order valence-corrected chi connectivity index (χ0v) is 15.8. The first kappa shape index (κ1) is 18.6. The molecule has 1 aliphatic rings. The van der Waals surface area contributed by atoms with Gasteiger partial charge in [-0.15, -0.1) is 11.3 Å². The lowest BCUT2D eigenvalue weighted by Gasteiger charge is -2.32. The molecule has 138 valence electrons. The van der Waals surface area contributed by atoms with Crippen LogP contribution in [0.1, 0.15) is 31.6 Å². The summed E-state index contributed by atoms with van der Waals surface area (Å²) in [6.07, 6.45) is 0.998. The second-order valence-electron chi connectivity index (χ2n) is 6.85. The first-order valence-electron chi connectivity index (χ1n) is 8.86. The molecule has 0 bridgehead atoms. The lowest BCUT2D eigenvalue weighted by molar-refractivity contribution is -0.139. The Bertz CT molecular complexity index is 793. The van der Waals surface area contributed by atoms with Gasteiger partial charge in [0.25, 0.3) is 0 Å². The smallest absolute Gasteiger partial charge is 0.228 e. The van der Waals surface area contributed by atoms with Crippen molar-refractivity contribution in [3.63, 3.8) is 0 Å². The summed E-state index contributed by atoms with van der Waals surface area (Å²) in [5.41, 5.74) is 0.584. The minimum Gasteiger partial charge on any atom is -0.355 e. The number of carbonyl (C=O) groups excluding carboxylic acids is 2. The number of nitrogens with zero attached hydrogens (tertiary/aromatic N) is 1.